The molecule has 3 aliphatic carbocycles. The largest absolute Gasteiger partial charge is 0.392 e. The molecular formula is C16H18O2. The van der Waals surface area contributed by atoms with Gasteiger partial charge in [0.2, 0.25) is 0 Å². The normalized spacial score (nSPS) is 41.4. The summed E-state index contributed by atoms with van der Waals surface area (Å²) in [5.74, 6) is 0.321. The van der Waals surface area contributed by atoms with Gasteiger partial charge in [0.05, 0.1) is 11.5 Å². The van der Waals surface area contributed by atoms with Crippen LogP contribution in [-0.4, -0.2) is 17.0 Å². The molecule has 0 heterocycles. The molecule has 1 unspecified atom stereocenters. The van der Waals surface area contributed by atoms with Crippen LogP contribution >= 0.6 is 0 Å². The molecule has 2 fully saturated rings. The Morgan fingerprint density at radius 1 is 1.11 bits per heavy atom. The summed E-state index contributed by atoms with van der Waals surface area (Å²) < 4.78 is 0. The lowest BCUT2D eigenvalue weighted by molar-refractivity contribution is -0.133. The van der Waals surface area contributed by atoms with Crippen LogP contribution in [0.1, 0.15) is 43.2 Å². The van der Waals surface area contributed by atoms with Crippen LogP contribution in [0.25, 0.3) is 0 Å². The highest BCUT2D eigenvalue weighted by Crippen LogP contribution is 2.66. The number of rotatable bonds is 0. The first-order chi connectivity index (χ1) is 8.71. The second kappa shape index (κ2) is 3.24. The van der Waals surface area contributed by atoms with Crippen LogP contribution in [0.2, 0.25) is 0 Å². The van der Waals surface area contributed by atoms with Crippen molar-refractivity contribution in [3.8, 4) is 0 Å². The van der Waals surface area contributed by atoms with Gasteiger partial charge in [0, 0.05) is 11.8 Å². The van der Waals surface area contributed by atoms with Crippen LogP contribution in [0.15, 0.2) is 24.3 Å². The minimum atomic E-state index is -0.443. The van der Waals surface area contributed by atoms with E-state index >= 15 is 0 Å². The van der Waals surface area contributed by atoms with Gasteiger partial charge in [-0.05, 0) is 43.2 Å². The third kappa shape index (κ3) is 0.947. The summed E-state index contributed by atoms with van der Waals surface area (Å²) in [4.78, 5) is 12.5. The Kier molecular flexibility index (Phi) is 1.93. The number of carbonyl (C=O) groups is 1. The van der Waals surface area contributed by atoms with E-state index in [4.69, 9.17) is 0 Å². The third-order valence-corrected chi connectivity index (χ3v) is 5.87. The first kappa shape index (κ1) is 10.7. The highest BCUT2D eigenvalue weighted by Gasteiger charge is 2.68. The number of hydrogen-bond acceptors (Lipinski definition) is 2. The molecular weight excluding hydrogens is 224 g/mol. The molecule has 0 bridgehead atoms. The van der Waals surface area contributed by atoms with Crippen molar-refractivity contribution in [3.05, 3.63) is 35.4 Å². The number of carbonyl (C=O) groups excluding carboxylic acids is 1. The number of ketones is 1. The minimum Gasteiger partial charge on any atom is -0.392 e. The molecule has 0 saturated heterocycles. The summed E-state index contributed by atoms with van der Waals surface area (Å²) in [6.45, 7) is 0. The predicted molar refractivity (Wildman–Crippen MR) is 68.4 cm³/mol. The number of Topliss-reactive ketones (excluding diaryl/α,β-unsaturated/α-hetero) is 1. The highest BCUT2D eigenvalue weighted by molar-refractivity contribution is 5.91. The molecule has 1 N–H and O–H groups in total. The Bertz CT molecular complexity index is 536. The number of aryl methyl sites for hydroxylation is 1. The van der Waals surface area contributed by atoms with E-state index in [1.807, 2.05) is 0 Å². The van der Waals surface area contributed by atoms with E-state index in [2.05, 4.69) is 24.3 Å². The molecule has 18 heavy (non-hydrogen) atoms. The Labute approximate surface area is 107 Å². The fourth-order valence-electron chi connectivity index (χ4n) is 5.11. The number of aliphatic hydroxyl groups is 1. The van der Waals surface area contributed by atoms with Crippen LogP contribution in [0.5, 0.6) is 0 Å². The summed E-state index contributed by atoms with van der Waals surface area (Å²) in [6.07, 6.45) is 4.76. The van der Waals surface area contributed by atoms with Crippen molar-refractivity contribution in [2.75, 3.05) is 0 Å². The maximum atomic E-state index is 12.5. The minimum absolute atomic E-state index is 0.0433. The van der Waals surface area contributed by atoms with Gasteiger partial charge < -0.3 is 5.11 Å². The molecule has 0 radical (unpaired) electrons. The van der Waals surface area contributed by atoms with Crippen molar-refractivity contribution in [1.29, 1.82) is 0 Å². The third-order valence-electron chi connectivity index (χ3n) is 5.87. The Balaban J connectivity index is 2.01. The topological polar surface area (TPSA) is 37.3 Å². The quantitative estimate of drug-likeness (QED) is 0.758. The molecule has 2 heteroatoms. The summed E-state index contributed by atoms with van der Waals surface area (Å²) in [5.41, 5.74) is 2.27. The fraction of sp³-hybridized carbons (Fsp3) is 0.562. The molecule has 1 aromatic carbocycles. The fourth-order valence-corrected chi connectivity index (χ4v) is 5.11. The number of benzene rings is 1. The van der Waals surface area contributed by atoms with Gasteiger partial charge in [-0.2, -0.15) is 0 Å². The summed E-state index contributed by atoms with van der Waals surface area (Å²) in [6, 6.07) is 8.56. The highest BCUT2D eigenvalue weighted by atomic mass is 16.3. The first-order valence-corrected chi connectivity index (χ1v) is 7.00. The molecule has 0 aromatic heterocycles. The molecule has 0 aliphatic heterocycles. The Morgan fingerprint density at radius 3 is 2.83 bits per heavy atom. The predicted octanol–water partition coefficient (Wildman–Crippen LogP) is 2.37. The average molecular weight is 242 g/mol. The molecule has 0 amide bonds. The maximum Gasteiger partial charge on any atom is 0.142 e. The molecule has 0 spiro atoms. The molecule has 1 aromatic rings. The number of hydrogen-bond donors (Lipinski definition) is 1. The van der Waals surface area contributed by atoms with Crippen molar-refractivity contribution in [3.63, 3.8) is 0 Å². The van der Waals surface area contributed by atoms with E-state index in [0.717, 1.165) is 32.1 Å². The van der Waals surface area contributed by atoms with Crippen LogP contribution in [0, 0.1) is 5.41 Å². The van der Waals surface area contributed by atoms with Gasteiger partial charge in [0.25, 0.3) is 0 Å². The van der Waals surface area contributed by atoms with Crippen molar-refractivity contribution in [2.24, 2.45) is 5.41 Å². The zero-order chi connectivity index (χ0) is 12.4. The molecule has 94 valence electrons. The van der Waals surface area contributed by atoms with E-state index in [1.165, 1.54) is 11.1 Å². The van der Waals surface area contributed by atoms with Gasteiger partial charge in [-0.1, -0.05) is 24.3 Å². The van der Waals surface area contributed by atoms with E-state index in [-0.39, 0.29) is 5.41 Å². The summed E-state index contributed by atoms with van der Waals surface area (Å²) in [7, 11) is 0. The maximum absolute atomic E-state index is 12.5. The van der Waals surface area contributed by atoms with Crippen LogP contribution < -0.4 is 0 Å². The van der Waals surface area contributed by atoms with Crippen molar-refractivity contribution in [2.45, 2.75) is 50.0 Å². The van der Waals surface area contributed by atoms with Crippen LogP contribution in [0.4, 0.5) is 0 Å². The van der Waals surface area contributed by atoms with Gasteiger partial charge in [-0.15, -0.1) is 0 Å². The van der Waals surface area contributed by atoms with Crippen molar-refractivity contribution >= 4 is 5.78 Å². The van der Waals surface area contributed by atoms with Gasteiger partial charge in [0.15, 0.2) is 0 Å². The molecule has 3 atom stereocenters. The van der Waals surface area contributed by atoms with Crippen molar-refractivity contribution in [1.82, 2.24) is 0 Å². The molecule has 4 rings (SSSR count). The van der Waals surface area contributed by atoms with Crippen molar-refractivity contribution < 1.29 is 9.90 Å². The van der Waals surface area contributed by atoms with Gasteiger partial charge >= 0.3 is 0 Å². The second-order valence-corrected chi connectivity index (χ2v) is 6.19. The zero-order valence-corrected chi connectivity index (χ0v) is 10.5. The average Bonchev–Trinajstić information content (AvgIpc) is 2.87. The SMILES string of the molecule is O=C1CC[C@]23CCC(O)[C@@]12CCc1ccccc13. The Hall–Kier alpha value is -1.15. The smallest absolute Gasteiger partial charge is 0.142 e. The summed E-state index contributed by atoms with van der Waals surface area (Å²) in [5, 5.41) is 10.5. The number of fused-ring (bicyclic) bond motifs is 1. The van der Waals surface area contributed by atoms with E-state index in [9.17, 15) is 9.90 Å². The second-order valence-electron chi connectivity index (χ2n) is 6.19. The van der Waals surface area contributed by atoms with Crippen LogP contribution in [-0.2, 0) is 16.6 Å². The summed E-state index contributed by atoms with van der Waals surface area (Å²) >= 11 is 0. The van der Waals surface area contributed by atoms with Crippen LogP contribution in [0.3, 0.4) is 0 Å². The lowest BCUT2D eigenvalue weighted by Crippen LogP contribution is -2.50. The lowest BCUT2D eigenvalue weighted by Gasteiger charge is -2.46. The van der Waals surface area contributed by atoms with E-state index in [1.54, 1.807) is 0 Å². The molecule has 2 saturated carbocycles. The van der Waals surface area contributed by atoms with Gasteiger partial charge in [-0.25, -0.2) is 0 Å². The monoisotopic (exact) mass is 242 g/mol. The van der Waals surface area contributed by atoms with Gasteiger partial charge in [0.1, 0.15) is 5.78 Å². The Morgan fingerprint density at radius 2 is 1.94 bits per heavy atom. The van der Waals surface area contributed by atoms with E-state index in [0.29, 0.717) is 12.2 Å². The number of aliphatic hydroxyl groups excluding tert-OH is 1. The lowest BCUT2D eigenvalue weighted by atomic mass is 9.56. The first-order valence-electron chi connectivity index (χ1n) is 7.00. The standard InChI is InChI=1S/C16H18O2/c17-13-6-8-15-9-7-14(18)16(13,15)10-5-11-3-1-2-4-12(11)15/h1-4,13,17H,5-10H2/t13?,15-,16-/m0/s1. The zero-order valence-electron chi connectivity index (χ0n) is 10.5. The molecule has 3 aliphatic rings. The molecule has 2 nitrogen and oxygen atoms in total. The van der Waals surface area contributed by atoms with E-state index < -0.39 is 11.5 Å². The van der Waals surface area contributed by atoms with Gasteiger partial charge in [-0.3, -0.25) is 4.79 Å².